The third-order valence-corrected chi connectivity index (χ3v) is 8.74. The van der Waals surface area contributed by atoms with Gasteiger partial charge in [-0.25, -0.2) is 4.98 Å². The summed E-state index contributed by atoms with van der Waals surface area (Å²) in [4.78, 5) is 20.4. The molecule has 0 spiro atoms. The average Bonchev–Trinajstić information content (AvgIpc) is 3.68. The number of ether oxygens (including phenoxy) is 2. The monoisotopic (exact) mass is 502 g/mol. The number of aromatic nitrogens is 3. The van der Waals surface area contributed by atoms with Crippen LogP contribution in [-0.2, 0) is 18.3 Å². The Morgan fingerprint density at radius 3 is 2.73 bits per heavy atom. The fourth-order valence-corrected chi connectivity index (χ4v) is 6.61. The number of rotatable bonds is 6. The first-order valence-electron chi connectivity index (χ1n) is 13.3. The number of nitrogens with zero attached hydrogens (tertiary/aromatic N) is 5. The molecule has 3 aliphatic rings. The molecule has 2 aromatic heterocycles. The molecule has 2 N–H and O–H groups in total. The van der Waals surface area contributed by atoms with Crippen LogP contribution >= 0.6 is 0 Å². The Labute approximate surface area is 216 Å². The molecule has 2 bridgehead atoms. The van der Waals surface area contributed by atoms with Crippen molar-refractivity contribution in [1.29, 1.82) is 5.26 Å². The minimum atomic E-state index is -0.0124. The van der Waals surface area contributed by atoms with Gasteiger partial charge in [0.15, 0.2) is 5.82 Å². The first-order chi connectivity index (χ1) is 18.0. The lowest BCUT2D eigenvalue weighted by Crippen LogP contribution is -2.41. The summed E-state index contributed by atoms with van der Waals surface area (Å²) in [7, 11) is 3.57. The summed E-state index contributed by atoms with van der Waals surface area (Å²) in [5.74, 6) is 2.33. The maximum Gasteiger partial charge on any atom is 0.254 e. The van der Waals surface area contributed by atoms with Gasteiger partial charge in [0, 0.05) is 51.0 Å². The zero-order valence-electron chi connectivity index (χ0n) is 21.5. The summed E-state index contributed by atoms with van der Waals surface area (Å²) >= 11 is 0. The Kier molecular flexibility index (Phi) is 6.17. The van der Waals surface area contributed by atoms with E-state index in [2.05, 4.69) is 10.6 Å². The number of imidazole rings is 1. The molecule has 9 nitrogen and oxygen atoms in total. The number of nitriles is 1. The molecule has 0 radical (unpaired) electrons. The van der Waals surface area contributed by atoms with Crippen molar-refractivity contribution in [3.63, 3.8) is 0 Å². The smallest absolute Gasteiger partial charge is 0.254 e. The number of methoxy groups -OCH3 is 1. The van der Waals surface area contributed by atoms with Gasteiger partial charge in [0.05, 0.1) is 18.3 Å². The van der Waals surface area contributed by atoms with Crippen LogP contribution < -0.4 is 10.5 Å². The molecule has 194 valence electrons. The van der Waals surface area contributed by atoms with E-state index in [1.807, 2.05) is 40.8 Å². The van der Waals surface area contributed by atoms with Crippen molar-refractivity contribution in [3.8, 4) is 23.3 Å². The van der Waals surface area contributed by atoms with Crippen LogP contribution in [-0.4, -0.2) is 63.9 Å². The van der Waals surface area contributed by atoms with E-state index in [0.717, 1.165) is 75.4 Å². The van der Waals surface area contributed by atoms with Crippen LogP contribution in [0.5, 0.6) is 5.75 Å². The molecule has 2 saturated heterocycles. The largest absolute Gasteiger partial charge is 0.494 e. The van der Waals surface area contributed by atoms with Crippen LogP contribution in [0.1, 0.15) is 48.2 Å². The van der Waals surface area contributed by atoms with Crippen molar-refractivity contribution < 1.29 is 14.3 Å². The third kappa shape index (κ3) is 3.99. The van der Waals surface area contributed by atoms with Gasteiger partial charge >= 0.3 is 0 Å². The van der Waals surface area contributed by atoms with Gasteiger partial charge in [-0.15, -0.1) is 0 Å². The number of likely N-dealkylation sites (tertiary alicyclic amines) is 1. The molecule has 6 rings (SSSR count). The van der Waals surface area contributed by atoms with E-state index in [1.165, 1.54) is 0 Å². The molecule has 37 heavy (non-hydrogen) atoms. The third-order valence-electron chi connectivity index (χ3n) is 8.74. The van der Waals surface area contributed by atoms with Gasteiger partial charge in [0.1, 0.15) is 23.0 Å². The summed E-state index contributed by atoms with van der Waals surface area (Å²) in [6.07, 6.45) is 5.17. The first kappa shape index (κ1) is 24.0. The van der Waals surface area contributed by atoms with Gasteiger partial charge in [-0.05, 0) is 68.2 Å². The molecule has 1 aromatic carbocycles. The van der Waals surface area contributed by atoms with E-state index in [9.17, 15) is 10.1 Å². The highest BCUT2D eigenvalue weighted by Crippen LogP contribution is 2.39. The maximum absolute atomic E-state index is 13.5. The Morgan fingerprint density at radius 2 is 2.05 bits per heavy atom. The standard InChI is InChI=1S/C28H34N6O3/c1-32-26-21(13-19(14-24(26)36-2)28(35)34-16-18-3-5-22(34)25(18)30)31-27(32)23-6-4-20(15-29)33(23)10-7-17-8-11-37-12-9-17/h4,6,13-14,17-18,22,25H,3,5,7-12,16,30H2,1-2H3/t18-,22-,25-/m1/s1. The van der Waals surface area contributed by atoms with Crippen LogP contribution in [0.2, 0.25) is 0 Å². The Balaban J connectivity index is 1.35. The van der Waals surface area contributed by atoms with E-state index >= 15 is 0 Å². The highest BCUT2D eigenvalue weighted by Gasteiger charge is 2.47. The number of hydrogen-bond acceptors (Lipinski definition) is 6. The van der Waals surface area contributed by atoms with E-state index < -0.39 is 0 Å². The van der Waals surface area contributed by atoms with Gasteiger partial charge in [0.25, 0.3) is 5.91 Å². The van der Waals surface area contributed by atoms with Gasteiger partial charge < -0.3 is 29.2 Å². The van der Waals surface area contributed by atoms with E-state index in [0.29, 0.717) is 34.4 Å². The van der Waals surface area contributed by atoms with E-state index in [4.69, 9.17) is 20.2 Å². The number of amides is 1. The van der Waals surface area contributed by atoms with E-state index in [1.54, 1.807) is 7.11 Å². The van der Waals surface area contributed by atoms with Gasteiger partial charge in [-0.2, -0.15) is 5.26 Å². The Bertz CT molecular complexity index is 1380. The molecule has 2 aliphatic heterocycles. The number of aryl methyl sites for hydroxylation is 1. The van der Waals surface area contributed by atoms with Crippen LogP contribution in [0.4, 0.5) is 0 Å². The van der Waals surface area contributed by atoms with Gasteiger partial charge in [0.2, 0.25) is 0 Å². The SMILES string of the molecule is COc1cc(C(=O)N2C[C@H]3CC[C@@H]2[C@@H]3N)cc2nc(-c3ccc(C#N)n3CCC3CCOCC3)n(C)c12. The number of fused-ring (bicyclic) bond motifs is 3. The minimum Gasteiger partial charge on any atom is -0.494 e. The second kappa shape index (κ2) is 9.51. The summed E-state index contributed by atoms with van der Waals surface area (Å²) in [6.45, 7) is 3.09. The molecule has 1 amide bonds. The lowest BCUT2D eigenvalue weighted by atomic mass is 9.96. The van der Waals surface area contributed by atoms with Gasteiger partial charge in [-0.3, -0.25) is 4.79 Å². The zero-order chi connectivity index (χ0) is 25.7. The maximum atomic E-state index is 13.5. The highest BCUT2D eigenvalue weighted by atomic mass is 16.5. The second-order valence-electron chi connectivity index (χ2n) is 10.7. The topological polar surface area (TPSA) is 111 Å². The van der Waals surface area contributed by atoms with Crippen molar-refractivity contribution in [2.75, 3.05) is 26.9 Å². The summed E-state index contributed by atoms with van der Waals surface area (Å²) in [5, 5.41) is 9.78. The Morgan fingerprint density at radius 1 is 1.24 bits per heavy atom. The predicted octanol–water partition coefficient (Wildman–Crippen LogP) is 3.30. The number of carbonyl (C=O) groups is 1. The highest BCUT2D eigenvalue weighted by molar-refractivity contribution is 6.00. The molecule has 4 heterocycles. The zero-order valence-corrected chi connectivity index (χ0v) is 21.5. The quantitative estimate of drug-likeness (QED) is 0.554. The molecular formula is C28H34N6O3. The molecule has 0 unspecified atom stereocenters. The van der Waals surface area contributed by atoms with Crippen molar-refractivity contribution >= 4 is 16.9 Å². The van der Waals surface area contributed by atoms with Crippen LogP contribution in [0, 0.1) is 23.2 Å². The van der Waals surface area contributed by atoms with Crippen LogP contribution in [0.3, 0.4) is 0 Å². The van der Waals surface area contributed by atoms with Crippen LogP contribution in [0.15, 0.2) is 24.3 Å². The van der Waals surface area contributed by atoms with Crippen molar-refractivity contribution in [2.45, 2.75) is 50.7 Å². The van der Waals surface area contributed by atoms with Gasteiger partial charge in [-0.1, -0.05) is 0 Å². The van der Waals surface area contributed by atoms with Crippen molar-refractivity contribution in [2.24, 2.45) is 24.6 Å². The number of benzene rings is 1. The summed E-state index contributed by atoms with van der Waals surface area (Å²) in [5.41, 5.74) is 9.96. The second-order valence-corrected chi connectivity index (χ2v) is 10.7. The van der Waals surface area contributed by atoms with Crippen molar-refractivity contribution in [3.05, 3.63) is 35.5 Å². The number of carbonyl (C=O) groups excluding carboxylic acids is 1. The Hall–Kier alpha value is -3.35. The normalized spacial score (nSPS) is 23.6. The number of hydrogen-bond donors (Lipinski definition) is 1. The lowest BCUT2D eigenvalue weighted by Gasteiger charge is -2.27. The first-order valence-corrected chi connectivity index (χ1v) is 13.3. The fraction of sp³-hybridized carbons (Fsp3) is 0.536. The van der Waals surface area contributed by atoms with Crippen LogP contribution in [0.25, 0.3) is 22.6 Å². The summed E-state index contributed by atoms with van der Waals surface area (Å²) < 4.78 is 15.3. The lowest BCUT2D eigenvalue weighted by molar-refractivity contribution is 0.0626. The molecular weight excluding hydrogens is 468 g/mol. The summed E-state index contributed by atoms with van der Waals surface area (Å²) in [6, 6.07) is 10.0. The molecule has 9 heteroatoms. The van der Waals surface area contributed by atoms with E-state index in [-0.39, 0.29) is 18.0 Å². The number of piperidine rings is 1. The average molecular weight is 503 g/mol. The predicted molar refractivity (Wildman–Crippen MR) is 139 cm³/mol. The molecule has 1 aliphatic carbocycles. The van der Waals surface area contributed by atoms with Crippen molar-refractivity contribution in [1.82, 2.24) is 19.0 Å². The molecule has 3 fully saturated rings. The minimum absolute atomic E-state index is 0.0124. The fourth-order valence-electron chi connectivity index (χ4n) is 6.61. The molecule has 3 atom stereocenters. The number of nitrogens with two attached hydrogens (primary N) is 1. The molecule has 3 aromatic rings. The molecule has 1 saturated carbocycles.